The van der Waals surface area contributed by atoms with Crippen molar-refractivity contribution in [3.05, 3.63) is 102 Å². The van der Waals surface area contributed by atoms with Crippen molar-refractivity contribution in [2.24, 2.45) is 0 Å². The van der Waals surface area contributed by atoms with E-state index in [0.29, 0.717) is 16.9 Å². The molecule has 0 saturated carbocycles. The van der Waals surface area contributed by atoms with E-state index in [0.717, 1.165) is 11.3 Å². The van der Waals surface area contributed by atoms with E-state index in [1.165, 1.54) is 24.4 Å². The van der Waals surface area contributed by atoms with Crippen molar-refractivity contribution in [3.63, 3.8) is 0 Å². The molecule has 0 N–H and O–H groups in total. The second-order valence-electron chi connectivity index (χ2n) is 6.28. The minimum absolute atomic E-state index is 0.154. The van der Waals surface area contributed by atoms with Crippen LogP contribution in [-0.4, -0.2) is 25.3 Å². The molecular formula is C22H17FN4O. The van der Waals surface area contributed by atoms with Gasteiger partial charge in [0.1, 0.15) is 5.82 Å². The van der Waals surface area contributed by atoms with Crippen LogP contribution in [0.5, 0.6) is 0 Å². The zero-order valence-electron chi connectivity index (χ0n) is 15.2. The van der Waals surface area contributed by atoms with Gasteiger partial charge in [-0.2, -0.15) is 10.2 Å². The first-order valence-corrected chi connectivity index (χ1v) is 8.75. The molecule has 0 atom stereocenters. The summed E-state index contributed by atoms with van der Waals surface area (Å²) in [6.07, 6.45) is 8.31. The SMILES string of the molecule is Cc1c(C(=O)/C=C/c2cnn(-c3ccccc3)c2)cnn1-c1ccc(F)cc1. The molecule has 2 heterocycles. The van der Waals surface area contributed by atoms with E-state index in [4.69, 9.17) is 0 Å². The second kappa shape index (κ2) is 7.44. The van der Waals surface area contributed by atoms with Gasteiger partial charge in [0.2, 0.25) is 0 Å². The first kappa shape index (κ1) is 17.6. The molecule has 4 aromatic rings. The first-order valence-electron chi connectivity index (χ1n) is 8.75. The predicted molar refractivity (Wildman–Crippen MR) is 105 cm³/mol. The lowest BCUT2D eigenvalue weighted by atomic mass is 10.1. The van der Waals surface area contributed by atoms with Crippen LogP contribution in [0.4, 0.5) is 4.39 Å². The van der Waals surface area contributed by atoms with Gasteiger partial charge in [0.05, 0.1) is 35.0 Å². The molecule has 0 aliphatic rings. The molecule has 6 heteroatoms. The molecule has 0 aliphatic carbocycles. The van der Waals surface area contributed by atoms with Gasteiger partial charge < -0.3 is 0 Å². The summed E-state index contributed by atoms with van der Waals surface area (Å²) in [6, 6.07) is 15.7. The molecule has 0 aliphatic heterocycles. The number of nitrogens with zero attached hydrogens (tertiary/aromatic N) is 4. The van der Waals surface area contributed by atoms with Crippen LogP contribution in [0.15, 0.2) is 79.3 Å². The maximum absolute atomic E-state index is 13.1. The molecule has 0 fully saturated rings. The number of para-hydroxylation sites is 1. The maximum Gasteiger partial charge on any atom is 0.189 e. The lowest BCUT2D eigenvalue weighted by Crippen LogP contribution is -2.01. The number of aromatic nitrogens is 4. The van der Waals surface area contributed by atoms with Gasteiger partial charge in [-0.05, 0) is 55.5 Å². The third-order valence-electron chi connectivity index (χ3n) is 4.40. The fourth-order valence-corrected chi connectivity index (χ4v) is 2.90. The van der Waals surface area contributed by atoms with Crippen LogP contribution < -0.4 is 0 Å². The van der Waals surface area contributed by atoms with Crippen LogP contribution in [0.1, 0.15) is 21.6 Å². The van der Waals surface area contributed by atoms with E-state index in [2.05, 4.69) is 10.2 Å². The molecule has 5 nitrogen and oxygen atoms in total. The van der Waals surface area contributed by atoms with E-state index >= 15 is 0 Å². The smallest absolute Gasteiger partial charge is 0.189 e. The van der Waals surface area contributed by atoms with Crippen molar-refractivity contribution in [1.82, 2.24) is 19.6 Å². The molecule has 0 saturated heterocycles. The summed E-state index contributed by atoms with van der Waals surface area (Å²) in [5.41, 5.74) is 3.66. The molecule has 2 aromatic carbocycles. The number of hydrogen-bond acceptors (Lipinski definition) is 3. The van der Waals surface area contributed by atoms with Crippen molar-refractivity contribution >= 4 is 11.9 Å². The van der Waals surface area contributed by atoms with Gasteiger partial charge in [0, 0.05) is 11.8 Å². The molecule has 0 spiro atoms. The van der Waals surface area contributed by atoms with Crippen molar-refractivity contribution in [3.8, 4) is 11.4 Å². The monoisotopic (exact) mass is 372 g/mol. The fraction of sp³-hybridized carbons (Fsp3) is 0.0455. The first-order chi connectivity index (χ1) is 13.6. The van der Waals surface area contributed by atoms with E-state index in [9.17, 15) is 9.18 Å². The third kappa shape index (κ3) is 3.53. The van der Waals surface area contributed by atoms with Gasteiger partial charge >= 0.3 is 0 Å². The van der Waals surface area contributed by atoms with Gasteiger partial charge in [-0.3, -0.25) is 4.79 Å². The summed E-state index contributed by atoms with van der Waals surface area (Å²) < 4.78 is 16.5. The Morgan fingerprint density at radius 1 is 0.964 bits per heavy atom. The highest BCUT2D eigenvalue weighted by molar-refractivity contribution is 6.07. The minimum Gasteiger partial charge on any atom is -0.289 e. The van der Waals surface area contributed by atoms with Crippen molar-refractivity contribution in [1.29, 1.82) is 0 Å². The molecule has 138 valence electrons. The van der Waals surface area contributed by atoms with Crippen molar-refractivity contribution < 1.29 is 9.18 Å². The number of allylic oxidation sites excluding steroid dienone is 1. The maximum atomic E-state index is 13.1. The largest absolute Gasteiger partial charge is 0.289 e. The summed E-state index contributed by atoms with van der Waals surface area (Å²) in [7, 11) is 0. The zero-order valence-corrected chi connectivity index (χ0v) is 15.2. The normalized spacial score (nSPS) is 11.2. The standard InChI is InChI=1S/C22H17FN4O/c1-16-21(14-25-27(16)20-10-8-18(23)9-11-20)22(28)12-7-17-13-24-26(15-17)19-5-3-2-4-6-19/h2-15H,1H3/b12-7+. The predicted octanol–water partition coefficient (Wildman–Crippen LogP) is 4.40. The van der Waals surface area contributed by atoms with Gasteiger partial charge in [-0.1, -0.05) is 18.2 Å². The highest BCUT2D eigenvalue weighted by atomic mass is 19.1. The topological polar surface area (TPSA) is 52.7 Å². The number of rotatable bonds is 5. The second-order valence-corrected chi connectivity index (χ2v) is 6.28. The Balaban J connectivity index is 1.53. The lowest BCUT2D eigenvalue weighted by molar-refractivity contribution is 0.104. The van der Waals surface area contributed by atoms with Gasteiger partial charge in [-0.25, -0.2) is 13.8 Å². The van der Waals surface area contributed by atoms with E-state index < -0.39 is 0 Å². The Bertz CT molecular complexity index is 1140. The van der Waals surface area contributed by atoms with Crippen LogP contribution in [0.2, 0.25) is 0 Å². The Hall–Kier alpha value is -3.80. The summed E-state index contributed by atoms with van der Waals surface area (Å²) in [5.74, 6) is -0.470. The molecule has 2 aromatic heterocycles. The molecule has 0 unspecified atom stereocenters. The highest BCUT2D eigenvalue weighted by Crippen LogP contribution is 2.16. The number of ketones is 1. The van der Waals surface area contributed by atoms with E-state index in [-0.39, 0.29) is 11.6 Å². The molecule has 28 heavy (non-hydrogen) atoms. The van der Waals surface area contributed by atoms with Crippen LogP contribution in [0.3, 0.4) is 0 Å². The number of halogens is 1. The Morgan fingerprint density at radius 2 is 1.71 bits per heavy atom. The van der Waals surface area contributed by atoms with Crippen LogP contribution in [0.25, 0.3) is 17.5 Å². The van der Waals surface area contributed by atoms with Crippen LogP contribution >= 0.6 is 0 Å². The average Bonchev–Trinajstić information content (AvgIpc) is 3.34. The van der Waals surface area contributed by atoms with Crippen LogP contribution in [0, 0.1) is 12.7 Å². The van der Waals surface area contributed by atoms with E-state index in [1.54, 1.807) is 33.8 Å². The number of carbonyl (C=O) groups is 1. The molecule has 4 rings (SSSR count). The third-order valence-corrected chi connectivity index (χ3v) is 4.40. The Labute approximate surface area is 161 Å². The zero-order chi connectivity index (χ0) is 19.5. The fourth-order valence-electron chi connectivity index (χ4n) is 2.90. The molecule has 0 radical (unpaired) electrons. The van der Waals surface area contributed by atoms with Crippen LogP contribution in [-0.2, 0) is 0 Å². The summed E-state index contributed by atoms with van der Waals surface area (Å²) in [6.45, 7) is 1.81. The lowest BCUT2D eigenvalue weighted by Gasteiger charge is -2.04. The quantitative estimate of drug-likeness (QED) is 0.385. The number of hydrogen-bond donors (Lipinski definition) is 0. The van der Waals surface area contributed by atoms with Gasteiger partial charge in [0.15, 0.2) is 5.78 Å². The Morgan fingerprint density at radius 3 is 2.46 bits per heavy atom. The summed E-state index contributed by atoms with van der Waals surface area (Å²) >= 11 is 0. The van der Waals surface area contributed by atoms with Crippen molar-refractivity contribution in [2.75, 3.05) is 0 Å². The van der Waals surface area contributed by atoms with Gasteiger partial charge in [0.25, 0.3) is 0 Å². The highest BCUT2D eigenvalue weighted by Gasteiger charge is 2.13. The molecule has 0 bridgehead atoms. The van der Waals surface area contributed by atoms with E-state index in [1.807, 2.05) is 43.5 Å². The van der Waals surface area contributed by atoms with Gasteiger partial charge in [-0.15, -0.1) is 0 Å². The molecule has 0 amide bonds. The summed E-state index contributed by atoms with van der Waals surface area (Å²) in [4.78, 5) is 12.6. The Kier molecular flexibility index (Phi) is 4.68. The number of carbonyl (C=O) groups excluding carboxylic acids is 1. The number of benzene rings is 2. The summed E-state index contributed by atoms with van der Waals surface area (Å²) in [5, 5.41) is 8.57. The van der Waals surface area contributed by atoms with Crippen molar-refractivity contribution in [2.45, 2.75) is 6.92 Å². The average molecular weight is 372 g/mol. The minimum atomic E-state index is -0.316. The molecular weight excluding hydrogens is 355 g/mol.